The smallest absolute Gasteiger partial charge is 0.409 e. The lowest BCUT2D eigenvalue weighted by Crippen LogP contribution is -2.38. The topological polar surface area (TPSA) is 29.5 Å². The van der Waals surface area contributed by atoms with Gasteiger partial charge in [-0.2, -0.15) is 0 Å². The molecule has 1 aliphatic rings. The van der Waals surface area contributed by atoms with Gasteiger partial charge in [0.05, 0.1) is 7.11 Å². The molecule has 0 aromatic carbocycles. The molecule has 0 aromatic heterocycles. The fourth-order valence-corrected chi connectivity index (χ4v) is 1.83. The third kappa shape index (κ3) is 3.20. The number of carbonyl (C=O) groups excluding carboxylic acids is 1. The Balaban J connectivity index is 0.000000791. The van der Waals surface area contributed by atoms with Crippen LogP contribution in [0.25, 0.3) is 0 Å². The summed E-state index contributed by atoms with van der Waals surface area (Å²) >= 11 is 0. The zero-order valence-corrected chi connectivity index (χ0v) is 10.0. The Bertz CT molecular complexity index is 169. The third-order valence-electron chi connectivity index (χ3n) is 2.48. The second-order valence-electron chi connectivity index (χ2n) is 3.62. The van der Waals surface area contributed by atoms with Crippen LogP contribution in [0.4, 0.5) is 4.79 Å². The highest BCUT2D eigenvalue weighted by Crippen LogP contribution is 2.23. The number of amides is 1. The van der Waals surface area contributed by atoms with Crippen molar-refractivity contribution < 1.29 is 9.53 Å². The first-order valence-corrected chi connectivity index (χ1v) is 5.51. The Morgan fingerprint density at radius 1 is 1.43 bits per heavy atom. The van der Waals surface area contributed by atoms with Crippen molar-refractivity contribution >= 4 is 6.09 Å². The van der Waals surface area contributed by atoms with Gasteiger partial charge in [-0.3, -0.25) is 0 Å². The normalized spacial score (nSPS) is 20.4. The number of ether oxygens (including phenoxy) is 1. The number of nitrogens with zero attached hydrogens (tertiary/aromatic N) is 1. The Hall–Kier alpha value is -0.730. The molecule has 1 saturated heterocycles. The molecule has 0 aromatic rings. The van der Waals surface area contributed by atoms with Crippen molar-refractivity contribution in [2.75, 3.05) is 13.7 Å². The van der Waals surface area contributed by atoms with E-state index in [1.54, 1.807) is 0 Å². The lowest BCUT2D eigenvalue weighted by atomic mass is 10.0. The molecule has 0 spiro atoms. The largest absolute Gasteiger partial charge is 0.453 e. The fourth-order valence-electron chi connectivity index (χ4n) is 1.83. The molecule has 14 heavy (non-hydrogen) atoms. The maximum absolute atomic E-state index is 11.2. The monoisotopic (exact) mass is 201 g/mol. The minimum absolute atomic E-state index is 0.175. The molecular weight excluding hydrogens is 178 g/mol. The van der Waals surface area contributed by atoms with Crippen molar-refractivity contribution in [1.82, 2.24) is 4.90 Å². The highest BCUT2D eigenvalue weighted by Gasteiger charge is 2.31. The molecule has 0 bridgehead atoms. The van der Waals surface area contributed by atoms with Crippen molar-refractivity contribution in [2.24, 2.45) is 5.92 Å². The van der Waals surface area contributed by atoms with Crippen LogP contribution in [0.5, 0.6) is 0 Å². The minimum atomic E-state index is -0.175. The van der Waals surface area contributed by atoms with Gasteiger partial charge in [-0.05, 0) is 18.8 Å². The Morgan fingerprint density at radius 2 is 2.00 bits per heavy atom. The lowest BCUT2D eigenvalue weighted by molar-refractivity contribution is 0.110. The predicted molar refractivity (Wildman–Crippen MR) is 58.3 cm³/mol. The van der Waals surface area contributed by atoms with Crippen molar-refractivity contribution in [1.29, 1.82) is 0 Å². The summed E-state index contributed by atoms with van der Waals surface area (Å²) in [7, 11) is 1.44. The summed E-state index contributed by atoms with van der Waals surface area (Å²) in [6, 6.07) is 0.387. The highest BCUT2D eigenvalue weighted by molar-refractivity contribution is 5.68. The lowest BCUT2D eigenvalue weighted by Gasteiger charge is -2.25. The SMILES string of the molecule is CC.COC(=O)N1CCCC1C(C)C. The van der Waals surface area contributed by atoms with Gasteiger partial charge in [-0.15, -0.1) is 0 Å². The van der Waals surface area contributed by atoms with Crippen molar-refractivity contribution in [3.05, 3.63) is 0 Å². The number of likely N-dealkylation sites (tertiary alicyclic amines) is 1. The zero-order chi connectivity index (χ0) is 11.1. The van der Waals surface area contributed by atoms with Crippen LogP contribution in [0, 0.1) is 5.92 Å². The van der Waals surface area contributed by atoms with Crippen molar-refractivity contribution in [3.8, 4) is 0 Å². The van der Waals surface area contributed by atoms with Gasteiger partial charge >= 0.3 is 6.09 Å². The summed E-state index contributed by atoms with van der Waals surface area (Å²) in [6.45, 7) is 9.15. The van der Waals surface area contributed by atoms with Crippen molar-refractivity contribution in [2.45, 2.75) is 46.6 Å². The van der Waals surface area contributed by atoms with E-state index in [9.17, 15) is 4.79 Å². The third-order valence-corrected chi connectivity index (χ3v) is 2.48. The van der Waals surface area contributed by atoms with Gasteiger partial charge in [-0.25, -0.2) is 4.79 Å². The van der Waals surface area contributed by atoms with Gasteiger partial charge in [0.2, 0.25) is 0 Å². The van der Waals surface area contributed by atoms with Gasteiger partial charge in [-0.1, -0.05) is 27.7 Å². The van der Waals surface area contributed by atoms with Gasteiger partial charge in [0.25, 0.3) is 0 Å². The molecular formula is C11H23NO2. The number of hydrogen-bond acceptors (Lipinski definition) is 2. The zero-order valence-electron chi connectivity index (χ0n) is 10.0. The van der Waals surface area contributed by atoms with E-state index in [4.69, 9.17) is 4.74 Å². The first kappa shape index (κ1) is 13.3. The molecule has 1 aliphatic heterocycles. The van der Waals surface area contributed by atoms with Crippen LogP contribution in [0.2, 0.25) is 0 Å². The van der Waals surface area contributed by atoms with Crippen LogP contribution in [0.1, 0.15) is 40.5 Å². The average molecular weight is 201 g/mol. The molecule has 1 amide bonds. The van der Waals surface area contributed by atoms with E-state index in [0.717, 1.165) is 19.4 Å². The Kier molecular flexibility index (Phi) is 6.34. The molecule has 1 heterocycles. The molecule has 1 rings (SSSR count). The predicted octanol–water partition coefficient (Wildman–Crippen LogP) is 2.90. The van der Waals surface area contributed by atoms with Gasteiger partial charge in [0, 0.05) is 12.6 Å². The summed E-state index contributed by atoms with van der Waals surface area (Å²) in [6.07, 6.45) is 2.05. The standard InChI is InChI=1S/C9H17NO2.C2H6/c1-7(2)8-5-4-6-10(8)9(11)12-3;1-2/h7-8H,4-6H2,1-3H3;1-2H3. The van der Waals surface area contributed by atoms with E-state index in [1.165, 1.54) is 7.11 Å². The average Bonchev–Trinajstić information content (AvgIpc) is 2.68. The first-order chi connectivity index (χ1) is 6.66. The number of carbonyl (C=O) groups is 1. The highest BCUT2D eigenvalue weighted by atomic mass is 16.5. The summed E-state index contributed by atoms with van der Waals surface area (Å²) in [5.74, 6) is 0.534. The number of rotatable bonds is 1. The molecule has 0 N–H and O–H groups in total. The minimum Gasteiger partial charge on any atom is -0.453 e. The van der Waals surface area contributed by atoms with E-state index < -0.39 is 0 Å². The maximum Gasteiger partial charge on any atom is 0.409 e. The number of hydrogen-bond donors (Lipinski definition) is 0. The molecule has 84 valence electrons. The van der Waals surface area contributed by atoms with Gasteiger partial charge in [0.1, 0.15) is 0 Å². The van der Waals surface area contributed by atoms with Crippen LogP contribution >= 0.6 is 0 Å². The van der Waals surface area contributed by atoms with Gasteiger partial charge < -0.3 is 9.64 Å². The van der Waals surface area contributed by atoms with Crippen LogP contribution in [-0.4, -0.2) is 30.7 Å². The van der Waals surface area contributed by atoms with E-state index in [0.29, 0.717) is 12.0 Å². The Labute approximate surface area is 87.4 Å². The van der Waals surface area contributed by atoms with E-state index in [2.05, 4.69) is 13.8 Å². The van der Waals surface area contributed by atoms with E-state index >= 15 is 0 Å². The molecule has 3 nitrogen and oxygen atoms in total. The molecule has 0 aliphatic carbocycles. The maximum atomic E-state index is 11.2. The molecule has 3 heteroatoms. The van der Waals surface area contributed by atoms with Crippen LogP contribution in [0.3, 0.4) is 0 Å². The summed E-state index contributed by atoms with van der Waals surface area (Å²) in [4.78, 5) is 13.1. The van der Waals surface area contributed by atoms with E-state index in [1.807, 2.05) is 18.7 Å². The second kappa shape index (κ2) is 6.68. The summed E-state index contributed by atoms with van der Waals surface area (Å²) in [5, 5.41) is 0. The fraction of sp³-hybridized carbons (Fsp3) is 0.909. The molecule has 1 unspecified atom stereocenters. The molecule has 0 saturated carbocycles. The van der Waals surface area contributed by atoms with Crippen LogP contribution in [0.15, 0.2) is 0 Å². The van der Waals surface area contributed by atoms with Gasteiger partial charge in [0.15, 0.2) is 0 Å². The summed E-state index contributed by atoms with van der Waals surface area (Å²) < 4.78 is 4.70. The Morgan fingerprint density at radius 3 is 2.43 bits per heavy atom. The second-order valence-corrected chi connectivity index (χ2v) is 3.62. The van der Waals surface area contributed by atoms with Crippen LogP contribution in [-0.2, 0) is 4.74 Å². The molecule has 1 atom stereocenters. The van der Waals surface area contributed by atoms with Crippen molar-refractivity contribution in [3.63, 3.8) is 0 Å². The van der Waals surface area contributed by atoms with E-state index in [-0.39, 0.29) is 6.09 Å². The molecule has 1 fully saturated rings. The molecule has 0 radical (unpaired) electrons. The summed E-state index contributed by atoms with van der Waals surface area (Å²) in [5.41, 5.74) is 0. The quantitative estimate of drug-likeness (QED) is 0.653. The number of methoxy groups -OCH3 is 1. The first-order valence-electron chi connectivity index (χ1n) is 5.51. The van der Waals surface area contributed by atoms with Crippen LogP contribution < -0.4 is 0 Å².